The van der Waals surface area contributed by atoms with Gasteiger partial charge in [-0.1, -0.05) is 12.1 Å². The lowest BCUT2D eigenvalue weighted by molar-refractivity contribution is -0.136. The molecule has 2 rings (SSSR count). The lowest BCUT2D eigenvalue weighted by Crippen LogP contribution is -2.02. The largest absolute Gasteiger partial charge is 0.497 e. The van der Waals surface area contributed by atoms with Crippen LogP contribution >= 0.6 is 0 Å². The molecule has 0 saturated heterocycles. The van der Waals surface area contributed by atoms with E-state index in [0.717, 1.165) is 17.0 Å². The molecule has 2 N–H and O–H groups in total. The summed E-state index contributed by atoms with van der Waals surface area (Å²) in [5.74, 6) is -0.155. The molecule has 0 atom stereocenters. The van der Waals surface area contributed by atoms with Crippen molar-refractivity contribution in [3.63, 3.8) is 0 Å². The van der Waals surface area contributed by atoms with Crippen molar-refractivity contribution in [3.05, 3.63) is 35.5 Å². The Morgan fingerprint density at radius 2 is 2.28 bits per heavy atom. The van der Waals surface area contributed by atoms with Crippen molar-refractivity contribution < 1.29 is 14.6 Å². The quantitative estimate of drug-likeness (QED) is 0.865. The molecular weight excluding hydrogens is 232 g/mol. The molecule has 5 nitrogen and oxygen atoms in total. The molecule has 94 valence electrons. The number of carbonyl (C=O) groups is 1. The van der Waals surface area contributed by atoms with Gasteiger partial charge in [-0.05, 0) is 19.1 Å². The minimum atomic E-state index is -0.872. The van der Waals surface area contributed by atoms with Gasteiger partial charge in [-0.25, -0.2) is 0 Å². The number of aliphatic carboxylic acids is 1. The van der Waals surface area contributed by atoms with Crippen LogP contribution in [0.1, 0.15) is 11.3 Å². The van der Waals surface area contributed by atoms with E-state index in [-0.39, 0.29) is 6.42 Å². The van der Waals surface area contributed by atoms with E-state index in [0.29, 0.717) is 11.3 Å². The first kappa shape index (κ1) is 12.2. The summed E-state index contributed by atoms with van der Waals surface area (Å²) in [6.45, 7) is 1.81. The normalized spacial score (nSPS) is 10.3. The maximum atomic E-state index is 10.9. The van der Waals surface area contributed by atoms with Crippen LogP contribution in [-0.2, 0) is 11.2 Å². The Labute approximate surface area is 104 Å². The highest BCUT2D eigenvalue weighted by Crippen LogP contribution is 2.27. The Kier molecular flexibility index (Phi) is 3.32. The summed E-state index contributed by atoms with van der Waals surface area (Å²) < 4.78 is 5.15. The minimum Gasteiger partial charge on any atom is -0.497 e. The molecular formula is C13H14N2O3. The van der Waals surface area contributed by atoms with Crippen LogP contribution in [0.4, 0.5) is 0 Å². The standard InChI is InChI=1S/C13H14N2O3/c1-8-11(7-12(16)17)13(15-14-8)9-4-3-5-10(6-9)18-2/h3-6H,7H2,1-2H3,(H,14,15)(H,16,17). The van der Waals surface area contributed by atoms with Gasteiger partial charge < -0.3 is 9.84 Å². The lowest BCUT2D eigenvalue weighted by atomic mass is 10.0. The maximum Gasteiger partial charge on any atom is 0.307 e. The van der Waals surface area contributed by atoms with Gasteiger partial charge in [-0.15, -0.1) is 0 Å². The number of aromatic amines is 1. The molecule has 0 aliphatic carbocycles. The topological polar surface area (TPSA) is 75.2 Å². The van der Waals surface area contributed by atoms with Crippen LogP contribution < -0.4 is 4.74 Å². The zero-order valence-corrected chi connectivity index (χ0v) is 10.2. The SMILES string of the molecule is COc1cccc(-c2n[nH]c(C)c2CC(=O)O)c1. The molecule has 18 heavy (non-hydrogen) atoms. The van der Waals surface area contributed by atoms with E-state index in [2.05, 4.69) is 10.2 Å². The zero-order chi connectivity index (χ0) is 13.1. The van der Waals surface area contributed by atoms with E-state index < -0.39 is 5.97 Å². The molecule has 0 aliphatic rings. The van der Waals surface area contributed by atoms with Crippen LogP contribution in [0.5, 0.6) is 5.75 Å². The lowest BCUT2D eigenvalue weighted by Gasteiger charge is -2.04. The predicted molar refractivity (Wildman–Crippen MR) is 66.7 cm³/mol. The third-order valence-electron chi connectivity index (χ3n) is 2.75. The number of carboxylic acids is 1. The Hall–Kier alpha value is -2.30. The molecule has 2 aromatic rings. The Balaban J connectivity index is 2.46. The number of rotatable bonds is 4. The fraction of sp³-hybridized carbons (Fsp3) is 0.231. The summed E-state index contributed by atoms with van der Waals surface area (Å²) >= 11 is 0. The number of methoxy groups -OCH3 is 1. The van der Waals surface area contributed by atoms with Crippen LogP contribution in [0.2, 0.25) is 0 Å². The molecule has 1 aromatic heterocycles. The number of ether oxygens (including phenoxy) is 1. The predicted octanol–water partition coefficient (Wildman–Crippen LogP) is 2.02. The molecule has 0 aliphatic heterocycles. The number of hydrogen-bond acceptors (Lipinski definition) is 3. The molecule has 0 saturated carbocycles. The summed E-state index contributed by atoms with van der Waals surface area (Å²) in [7, 11) is 1.59. The van der Waals surface area contributed by atoms with E-state index in [1.165, 1.54) is 0 Å². The number of aryl methyl sites for hydroxylation is 1. The second kappa shape index (κ2) is 4.91. The van der Waals surface area contributed by atoms with Gasteiger partial charge in [0.1, 0.15) is 5.75 Å². The summed E-state index contributed by atoms with van der Waals surface area (Å²) in [6, 6.07) is 7.40. The van der Waals surface area contributed by atoms with Crippen molar-refractivity contribution in [1.29, 1.82) is 0 Å². The van der Waals surface area contributed by atoms with Crippen molar-refractivity contribution in [2.24, 2.45) is 0 Å². The average Bonchev–Trinajstić information content (AvgIpc) is 2.71. The molecule has 0 spiro atoms. The fourth-order valence-electron chi connectivity index (χ4n) is 1.83. The highest BCUT2D eigenvalue weighted by Gasteiger charge is 2.15. The monoisotopic (exact) mass is 246 g/mol. The van der Waals surface area contributed by atoms with E-state index in [1.54, 1.807) is 7.11 Å². The van der Waals surface area contributed by atoms with Crippen molar-refractivity contribution in [3.8, 4) is 17.0 Å². The molecule has 0 bridgehead atoms. The third-order valence-corrected chi connectivity index (χ3v) is 2.75. The number of nitrogens with one attached hydrogen (secondary N) is 1. The number of nitrogens with zero attached hydrogens (tertiary/aromatic N) is 1. The smallest absolute Gasteiger partial charge is 0.307 e. The molecule has 0 radical (unpaired) electrons. The van der Waals surface area contributed by atoms with Gasteiger partial charge in [0.05, 0.1) is 19.2 Å². The fourth-order valence-corrected chi connectivity index (χ4v) is 1.83. The van der Waals surface area contributed by atoms with E-state index in [9.17, 15) is 4.79 Å². The van der Waals surface area contributed by atoms with Gasteiger partial charge >= 0.3 is 5.97 Å². The van der Waals surface area contributed by atoms with Gasteiger partial charge in [0, 0.05) is 16.8 Å². The first-order chi connectivity index (χ1) is 8.61. The molecule has 0 fully saturated rings. The Morgan fingerprint density at radius 1 is 1.50 bits per heavy atom. The van der Waals surface area contributed by atoms with Gasteiger partial charge in [-0.3, -0.25) is 9.89 Å². The zero-order valence-electron chi connectivity index (χ0n) is 10.2. The van der Waals surface area contributed by atoms with Gasteiger partial charge in [0.2, 0.25) is 0 Å². The summed E-state index contributed by atoms with van der Waals surface area (Å²) in [5, 5.41) is 15.9. The summed E-state index contributed by atoms with van der Waals surface area (Å²) in [4.78, 5) is 10.9. The van der Waals surface area contributed by atoms with Crippen LogP contribution in [0, 0.1) is 6.92 Å². The summed E-state index contributed by atoms with van der Waals surface area (Å²) in [6.07, 6.45) is -0.0467. The summed E-state index contributed by atoms with van der Waals surface area (Å²) in [5.41, 5.74) is 2.98. The highest BCUT2D eigenvalue weighted by atomic mass is 16.5. The first-order valence-electron chi connectivity index (χ1n) is 5.52. The molecule has 1 aromatic carbocycles. The van der Waals surface area contributed by atoms with Crippen molar-refractivity contribution in [2.45, 2.75) is 13.3 Å². The number of aromatic nitrogens is 2. The highest BCUT2D eigenvalue weighted by molar-refractivity contribution is 5.76. The van der Waals surface area contributed by atoms with Crippen molar-refractivity contribution in [1.82, 2.24) is 10.2 Å². The van der Waals surface area contributed by atoms with Crippen LogP contribution in [0.3, 0.4) is 0 Å². The maximum absolute atomic E-state index is 10.9. The van der Waals surface area contributed by atoms with Gasteiger partial charge in [0.25, 0.3) is 0 Å². The van der Waals surface area contributed by atoms with Crippen molar-refractivity contribution in [2.75, 3.05) is 7.11 Å². The molecule has 5 heteroatoms. The van der Waals surface area contributed by atoms with Crippen molar-refractivity contribution >= 4 is 5.97 Å². The second-order valence-corrected chi connectivity index (χ2v) is 3.98. The van der Waals surface area contributed by atoms with Crippen LogP contribution in [-0.4, -0.2) is 28.4 Å². The van der Waals surface area contributed by atoms with Crippen LogP contribution in [0.25, 0.3) is 11.3 Å². The first-order valence-corrected chi connectivity index (χ1v) is 5.52. The third kappa shape index (κ3) is 2.34. The van der Waals surface area contributed by atoms with Crippen LogP contribution in [0.15, 0.2) is 24.3 Å². The number of benzene rings is 1. The van der Waals surface area contributed by atoms with Gasteiger partial charge in [-0.2, -0.15) is 5.10 Å². The number of carboxylic acid groups (broad SMARTS) is 1. The molecule has 0 unspecified atom stereocenters. The molecule has 1 heterocycles. The van der Waals surface area contributed by atoms with Gasteiger partial charge in [0.15, 0.2) is 0 Å². The average molecular weight is 246 g/mol. The Bertz CT molecular complexity index is 575. The number of H-pyrrole nitrogens is 1. The van der Waals surface area contributed by atoms with E-state index in [4.69, 9.17) is 9.84 Å². The van der Waals surface area contributed by atoms with E-state index in [1.807, 2.05) is 31.2 Å². The second-order valence-electron chi connectivity index (χ2n) is 3.98. The minimum absolute atomic E-state index is 0.0467. The van der Waals surface area contributed by atoms with E-state index >= 15 is 0 Å². The Morgan fingerprint density at radius 3 is 2.94 bits per heavy atom. The number of hydrogen-bond donors (Lipinski definition) is 2. The molecule has 0 amide bonds.